The molecule has 130 valence electrons. The van der Waals surface area contributed by atoms with E-state index in [9.17, 15) is 0 Å². The number of ether oxygens (including phenoxy) is 3. The zero-order valence-electron chi connectivity index (χ0n) is 14.8. The lowest BCUT2D eigenvalue weighted by Gasteiger charge is -2.13. The van der Waals surface area contributed by atoms with Crippen molar-refractivity contribution in [3.63, 3.8) is 0 Å². The van der Waals surface area contributed by atoms with Crippen LogP contribution in [-0.4, -0.2) is 26.9 Å². The predicted molar refractivity (Wildman–Crippen MR) is 96.7 cm³/mol. The molecule has 0 aromatic heterocycles. The highest BCUT2D eigenvalue weighted by atomic mass is 16.5. The van der Waals surface area contributed by atoms with Crippen molar-refractivity contribution in [2.45, 2.75) is 26.9 Å². The summed E-state index contributed by atoms with van der Waals surface area (Å²) in [6.07, 6.45) is 0. The molecule has 1 N–H and O–H groups in total. The van der Waals surface area contributed by atoms with Gasteiger partial charge in [0.2, 0.25) is 0 Å². The van der Waals surface area contributed by atoms with E-state index in [1.165, 1.54) is 11.1 Å². The van der Waals surface area contributed by atoms with Gasteiger partial charge in [0.1, 0.15) is 6.61 Å². The minimum atomic E-state index is 0.523. The Labute approximate surface area is 144 Å². The first-order chi connectivity index (χ1) is 11.7. The number of benzene rings is 2. The fourth-order valence-corrected chi connectivity index (χ4v) is 2.35. The van der Waals surface area contributed by atoms with Crippen LogP contribution in [0.15, 0.2) is 42.5 Å². The number of aryl methyl sites for hydroxylation is 1. The standard InChI is InChI=1S/C20H27NO3/c1-4-23-11-12-24-19-10-9-18(13-20(19)22-3)15-21-14-17-7-5-16(2)6-8-17/h5-10,13,21H,4,11-12,14-15H2,1-3H3. The molecule has 0 saturated carbocycles. The fourth-order valence-electron chi connectivity index (χ4n) is 2.35. The first-order valence-corrected chi connectivity index (χ1v) is 8.36. The van der Waals surface area contributed by atoms with E-state index in [0.29, 0.717) is 19.8 Å². The number of methoxy groups -OCH3 is 1. The van der Waals surface area contributed by atoms with Crippen LogP contribution in [0.4, 0.5) is 0 Å². The number of hydrogen-bond acceptors (Lipinski definition) is 4. The Bertz CT molecular complexity index is 611. The smallest absolute Gasteiger partial charge is 0.161 e. The normalized spacial score (nSPS) is 10.6. The number of rotatable bonds is 10. The highest BCUT2D eigenvalue weighted by Crippen LogP contribution is 2.28. The quantitative estimate of drug-likeness (QED) is 0.675. The van der Waals surface area contributed by atoms with Crippen molar-refractivity contribution < 1.29 is 14.2 Å². The molecule has 0 aliphatic rings. The van der Waals surface area contributed by atoms with Gasteiger partial charge in [-0.2, -0.15) is 0 Å². The highest BCUT2D eigenvalue weighted by Gasteiger charge is 2.06. The largest absolute Gasteiger partial charge is 0.493 e. The average molecular weight is 329 g/mol. The van der Waals surface area contributed by atoms with Gasteiger partial charge in [0, 0.05) is 19.7 Å². The molecule has 0 fully saturated rings. The van der Waals surface area contributed by atoms with E-state index in [1.807, 2.05) is 19.1 Å². The highest BCUT2D eigenvalue weighted by molar-refractivity contribution is 5.43. The lowest BCUT2D eigenvalue weighted by molar-refractivity contribution is 0.109. The molecular formula is C20H27NO3. The van der Waals surface area contributed by atoms with Crippen molar-refractivity contribution in [1.29, 1.82) is 0 Å². The van der Waals surface area contributed by atoms with Gasteiger partial charge >= 0.3 is 0 Å². The van der Waals surface area contributed by atoms with Gasteiger partial charge in [-0.25, -0.2) is 0 Å². The number of hydrogen-bond donors (Lipinski definition) is 1. The third-order valence-corrected chi connectivity index (χ3v) is 3.70. The van der Waals surface area contributed by atoms with Crippen LogP contribution in [0.1, 0.15) is 23.6 Å². The van der Waals surface area contributed by atoms with Crippen LogP contribution in [0, 0.1) is 6.92 Å². The molecule has 0 aliphatic heterocycles. The lowest BCUT2D eigenvalue weighted by atomic mass is 10.1. The van der Waals surface area contributed by atoms with Gasteiger partial charge in [0.05, 0.1) is 13.7 Å². The molecule has 4 nitrogen and oxygen atoms in total. The van der Waals surface area contributed by atoms with Gasteiger partial charge < -0.3 is 19.5 Å². The van der Waals surface area contributed by atoms with E-state index in [-0.39, 0.29) is 0 Å². The summed E-state index contributed by atoms with van der Waals surface area (Å²) in [7, 11) is 1.66. The van der Waals surface area contributed by atoms with Crippen molar-refractivity contribution in [2.24, 2.45) is 0 Å². The second-order valence-electron chi connectivity index (χ2n) is 5.62. The summed E-state index contributed by atoms with van der Waals surface area (Å²) >= 11 is 0. The van der Waals surface area contributed by atoms with E-state index < -0.39 is 0 Å². The third kappa shape index (κ3) is 5.87. The van der Waals surface area contributed by atoms with E-state index in [4.69, 9.17) is 14.2 Å². The number of nitrogens with one attached hydrogen (secondary N) is 1. The zero-order chi connectivity index (χ0) is 17.2. The van der Waals surface area contributed by atoms with Crippen molar-refractivity contribution in [1.82, 2.24) is 5.32 Å². The summed E-state index contributed by atoms with van der Waals surface area (Å²) in [5.41, 5.74) is 3.72. The Balaban J connectivity index is 1.85. The molecule has 0 atom stereocenters. The summed E-state index contributed by atoms with van der Waals surface area (Å²) in [6.45, 7) is 7.50. The van der Waals surface area contributed by atoms with Crippen LogP contribution in [0.5, 0.6) is 11.5 Å². The van der Waals surface area contributed by atoms with Gasteiger partial charge in [-0.1, -0.05) is 35.9 Å². The molecule has 0 spiro atoms. The SMILES string of the molecule is CCOCCOc1ccc(CNCc2ccc(C)cc2)cc1OC. The van der Waals surface area contributed by atoms with Crippen molar-refractivity contribution >= 4 is 0 Å². The molecule has 0 radical (unpaired) electrons. The first kappa shape index (κ1) is 18.3. The van der Waals surface area contributed by atoms with Crippen LogP contribution >= 0.6 is 0 Å². The second kappa shape index (κ2) is 9.96. The van der Waals surface area contributed by atoms with E-state index in [0.717, 1.165) is 30.2 Å². The maximum atomic E-state index is 5.70. The maximum Gasteiger partial charge on any atom is 0.161 e. The van der Waals surface area contributed by atoms with Crippen LogP contribution in [0.2, 0.25) is 0 Å². The Kier molecular flexibility index (Phi) is 7.59. The summed E-state index contributed by atoms with van der Waals surface area (Å²) in [5.74, 6) is 1.50. The van der Waals surface area contributed by atoms with Gasteiger partial charge in [0.15, 0.2) is 11.5 Å². The van der Waals surface area contributed by atoms with Crippen LogP contribution < -0.4 is 14.8 Å². The second-order valence-corrected chi connectivity index (χ2v) is 5.62. The molecule has 2 aromatic rings. The topological polar surface area (TPSA) is 39.7 Å². The molecule has 0 heterocycles. The molecule has 4 heteroatoms. The van der Waals surface area contributed by atoms with E-state index in [2.05, 4.69) is 42.6 Å². The van der Waals surface area contributed by atoms with Crippen LogP contribution in [0.25, 0.3) is 0 Å². The minimum Gasteiger partial charge on any atom is -0.493 e. The monoisotopic (exact) mass is 329 g/mol. The van der Waals surface area contributed by atoms with Gasteiger partial charge in [-0.3, -0.25) is 0 Å². The van der Waals surface area contributed by atoms with Crippen molar-refractivity contribution in [3.05, 3.63) is 59.2 Å². The lowest BCUT2D eigenvalue weighted by Crippen LogP contribution is -2.13. The summed E-state index contributed by atoms with van der Waals surface area (Å²) in [4.78, 5) is 0. The summed E-state index contributed by atoms with van der Waals surface area (Å²) < 4.78 is 16.4. The average Bonchev–Trinajstić information content (AvgIpc) is 2.61. The molecular weight excluding hydrogens is 302 g/mol. The summed E-state index contributed by atoms with van der Waals surface area (Å²) in [6, 6.07) is 14.6. The molecule has 24 heavy (non-hydrogen) atoms. The van der Waals surface area contributed by atoms with E-state index >= 15 is 0 Å². The predicted octanol–water partition coefficient (Wildman–Crippen LogP) is 3.71. The third-order valence-electron chi connectivity index (χ3n) is 3.70. The van der Waals surface area contributed by atoms with Crippen molar-refractivity contribution in [3.8, 4) is 11.5 Å². The summed E-state index contributed by atoms with van der Waals surface area (Å²) in [5, 5.41) is 3.45. The maximum absolute atomic E-state index is 5.70. The van der Waals surface area contributed by atoms with Crippen LogP contribution in [0.3, 0.4) is 0 Å². The van der Waals surface area contributed by atoms with Gasteiger partial charge in [0.25, 0.3) is 0 Å². The van der Waals surface area contributed by atoms with Crippen molar-refractivity contribution in [2.75, 3.05) is 26.9 Å². The molecule has 0 unspecified atom stereocenters. The Hall–Kier alpha value is -2.04. The molecule has 0 amide bonds. The molecule has 2 rings (SSSR count). The molecule has 0 bridgehead atoms. The Morgan fingerprint density at radius 3 is 2.29 bits per heavy atom. The zero-order valence-corrected chi connectivity index (χ0v) is 14.8. The van der Waals surface area contributed by atoms with Gasteiger partial charge in [-0.05, 0) is 37.1 Å². The molecule has 0 aliphatic carbocycles. The molecule has 2 aromatic carbocycles. The molecule has 0 saturated heterocycles. The fraction of sp³-hybridized carbons (Fsp3) is 0.400. The van der Waals surface area contributed by atoms with E-state index in [1.54, 1.807) is 7.11 Å². The van der Waals surface area contributed by atoms with Gasteiger partial charge in [-0.15, -0.1) is 0 Å². The minimum absolute atomic E-state index is 0.523. The Morgan fingerprint density at radius 2 is 1.58 bits per heavy atom. The Morgan fingerprint density at radius 1 is 0.875 bits per heavy atom. The first-order valence-electron chi connectivity index (χ1n) is 8.36. The van der Waals surface area contributed by atoms with Crippen LogP contribution in [-0.2, 0) is 17.8 Å².